The SMILES string of the molecule is CCOC(=O)c1cc(C(Br)Br)on1. The molecule has 0 saturated carbocycles. The van der Waals surface area contributed by atoms with E-state index in [4.69, 9.17) is 9.26 Å². The molecule has 0 radical (unpaired) electrons. The van der Waals surface area contributed by atoms with Gasteiger partial charge in [0.05, 0.1) is 6.61 Å². The van der Waals surface area contributed by atoms with E-state index < -0.39 is 5.97 Å². The molecule has 13 heavy (non-hydrogen) atoms. The summed E-state index contributed by atoms with van der Waals surface area (Å²) in [6.45, 7) is 2.06. The number of esters is 1. The second kappa shape index (κ2) is 4.76. The summed E-state index contributed by atoms with van der Waals surface area (Å²) in [6.07, 6.45) is 0. The van der Waals surface area contributed by atoms with E-state index in [-0.39, 0.29) is 9.43 Å². The summed E-state index contributed by atoms with van der Waals surface area (Å²) in [4.78, 5) is 11.1. The second-order valence-electron chi connectivity index (χ2n) is 2.14. The molecular formula is C7H7Br2NO3. The van der Waals surface area contributed by atoms with Crippen LogP contribution in [0.1, 0.15) is 26.9 Å². The molecule has 0 aliphatic heterocycles. The summed E-state index contributed by atoms with van der Waals surface area (Å²) in [5, 5.41) is 3.55. The number of carbonyl (C=O) groups excluding carboxylic acids is 1. The van der Waals surface area contributed by atoms with Gasteiger partial charge < -0.3 is 9.26 Å². The van der Waals surface area contributed by atoms with Crippen molar-refractivity contribution in [3.63, 3.8) is 0 Å². The van der Waals surface area contributed by atoms with Crippen LogP contribution >= 0.6 is 31.9 Å². The zero-order valence-electron chi connectivity index (χ0n) is 6.79. The molecule has 1 heterocycles. The Morgan fingerprint density at radius 2 is 2.46 bits per heavy atom. The average molecular weight is 313 g/mol. The number of halogens is 2. The fourth-order valence-corrected chi connectivity index (χ4v) is 1.12. The number of alkyl halides is 2. The third kappa shape index (κ3) is 2.80. The Morgan fingerprint density at radius 3 is 2.92 bits per heavy atom. The van der Waals surface area contributed by atoms with Gasteiger partial charge in [-0.15, -0.1) is 0 Å². The van der Waals surface area contributed by atoms with Gasteiger partial charge in [-0.1, -0.05) is 37.0 Å². The van der Waals surface area contributed by atoms with Crippen LogP contribution in [0, 0.1) is 0 Å². The topological polar surface area (TPSA) is 52.3 Å². The highest BCUT2D eigenvalue weighted by atomic mass is 79.9. The van der Waals surface area contributed by atoms with Crippen molar-refractivity contribution in [2.75, 3.05) is 6.61 Å². The monoisotopic (exact) mass is 311 g/mol. The quantitative estimate of drug-likeness (QED) is 0.636. The molecular weight excluding hydrogens is 306 g/mol. The fourth-order valence-electron chi connectivity index (χ4n) is 0.693. The lowest BCUT2D eigenvalue weighted by molar-refractivity contribution is 0.0514. The molecule has 0 saturated heterocycles. The van der Waals surface area contributed by atoms with Gasteiger partial charge in [-0.3, -0.25) is 0 Å². The Hall–Kier alpha value is -0.360. The Balaban J connectivity index is 2.73. The molecule has 1 aromatic rings. The first-order valence-corrected chi connectivity index (χ1v) is 5.40. The van der Waals surface area contributed by atoms with Crippen molar-refractivity contribution in [2.24, 2.45) is 0 Å². The van der Waals surface area contributed by atoms with Gasteiger partial charge >= 0.3 is 5.97 Å². The summed E-state index contributed by atoms with van der Waals surface area (Å²) >= 11 is 6.43. The minimum atomic E-state index is -0.474. The first-order valence-electron chi connectivity index (χ1n) is 3.57. The number of aromatic nitrogens is 1. The van der Waals surface area contributed by atoms with Crippen LogP contribution < -0.4 is 0 Å². The maximum Gasteiger partial charge on any atom is 0.360 e. The standard InChI is InChI=1S/C7H7Br2NO3/c1-2-12-7(11)4-3-5(6(8)9)13-10-4/h3,6H,2H2,1H3. The Labute approximate surface area is 91.9 Å². The van der Waals surface area contributed by atoms with Crippen LogP contribution in [0.3, 0.4) is 0 Å². The van der Waals surface area contributed by atoms with Crippen molar-refractivity contribution >= 4 is 37.8 Å². The van der Waals surface area contributed by atoms with Gasteiger partial charge in [-0.05, 0) is 6.92 Å². The minimum Gasteiger partial charge on any atom is -0.461 e. The molecule has 0 aliphatic carbocycles. The predicted octanol–water partition coefficient (Wildman–Crippen LogP) is 2.64. The number of hydrogen-bond acceptors (Lipinski definition) is 4. The van der Waals surface area contributed by atoms with E-state index in [9.17, 15) is 4.79 Å². The minimum absolute atomic E-state index is 0.143. The summed E-state index contributed by atoms with van der Waals surface area (Å²) in [7, 11) is 0. The zero-order valence-corrected chi connectivity index (χ0v) is 9.96. The predicted molar refractivity (Wildman–Crippen MR) is 53.1 cm³/mol. The lowest BCUT2D eigenvalue weighted by Gasteiger charge is -1.94. The van der Waals surface area contributed by atoms with E-state index in [0.717, 1.165) is 0 Å². The summed E-state index contributed by atoms with van der Waals surface area (Å²) in [6, 6.07) is 1.52. The van der Waals surface area contributed by atoms with E-state index >= 15 is 0 Å². The van der Waals surface area contributed by atoms with Gasteiger partial charge in [0.15, 0.2) is 11.5 Å². The van der Waals surface area contributed by atoms with Gasteiger partial charge in [0.2, 0.25) is 0 Å². The molecule has 0 atom stereocenters. The van der Waals surface area contributed by atoms with Crippen molar-refractivity contribution in [1.82, 2.24) is 5.16 Å². The second-order valence-corrected chi connectivity index (χ2v) is 5.20. The number of hydrogen-bond donors (Lipinski definition) is 0. The Bertz CT molecular complexity index is 298. The smallest absolute Gasteiger partial charge is 0.360 e. The van der Waals surface area contributed by atoms with Crippen molar-refractivity contribution in [3.8, 4) is 0 Å². The highest BCUT2D eigenvalue weighted by molar-refractivity contribution is 9.24. The molecule has 0 aromatic carbocycles. The van der Waals surface area contributed by atoms with Crippen LogP contribution in [0.4, 0.5) is 0 Å². The molecule has 0 bridgehead atoms. The van der Waals surface area contributed by atoms with Gasteiger partial charge in [0.1, 0.15) is 3.74 Å². The first-order chi connectivity index (χ1) is 6.15. The molecule has 1 aromatic heterocycles. The van der Waals surface area contributed by atoms with E-state index in [1.165, 1.54) is 6.07 Å². The van der Waals surface area contributed by atoms with Crippen LogP contribution in [-0.2, 0) is 4.74 Å². The average Bonchev–Trinajstić information content (AvgIpc) is 2.52. The van der Waals surface area contributed by atoms with Gasteiger partial charge in [0.25, 0.3) is 0 Å². The zero-order chi connectivity index (χ0) is 9.84. The van der Waals surface area contributed by atoms with Crippen molar-refractivity contribution in [1.29, 1.82) is 0 Å². The molecule has 0 spiro atoms. The number of carbonyl (C=O) groups is 1. The highest BCUT2D eigenvalue weighted by Gasteiger charge is 2.16. The summed E-state index contributed by atoms with van der Waals surface area (Å²) in [5.74, 6) is 0.0567. The Kier molecular flexibility index (Phi) is 3.92. The highest BCUT2D eigenvalue weighted by Crippen LogP contribution is 2.29. The maximum atomic E-state index is 11.1. The number of nitrogens with zero attached hydrogens (tertiary/aromatic N) is 1. The molecule has 1 rings (SSSR count). The van der Waals surface area contributed by atoms with Crippen LogP contribution in [-0.4, -0.2) is 17.7 Å². The van der Waals surface area contributed by atoms with Gasteiger partial charge in [0, 0.05) is 6.07 Å². The van der Waals surface area contributed by atoms with Gasteiger partial charge in [-0.25, -0.2) is 4.79 Å². The van der Waals surface area contributed by atoms with E-state index in [1.54, 1.807) is 6.92 Å². The first kappa shape index (κ1) is 10.7. The molecule has 0 unspecified atom stereocenters. The van der Waals surface area contributed by atoms with Crippen molar-refractivity contribution in [2.45, 2.75) is 10.7 Å². The van der Waals surface area contributed by atoms with Crippen molar-refractivity contribution in [3.05, 3.63) is 17.5 Å². The van der Waals surface area contributed by atoms with Crippen molar-refractivity contribution < 1.29 is 14.1 Å². The third-order valence-corrected chi connectivity index (χ3v) is 2.13. The largest absolute Gasteiger partial charge is 0.461 e. The molecule has 0 aliphatic rings. The lowest BCUT2D eigenvalue weighted by Crippen LogP contribution is -2.04. The van der Waals surface area contributed by atoms with E-state index in [1.807, 2.05) is 0 Å². The number of rotatable bonds is 3. The normalized spacial score (nSPS) is 10.5. The molecule has 0 N–H and O–H groups in total. The number of ether oxygens (including phenoxy) is 1. The fraction of sp³-hybridized carbons (Fsp3) is 0.429. The van der Waals surface area contributed by atoms with Crippen LogP contribution in [0.25, 0.3) is 0 Å². The molecule has 4 nitrogen and oxygen atoms in total. The molecule has 72 valence electrons. The molecule has 0 amide bonds. The molecule has 0 fully saturated rings. The van der Waals surface area contributed by atoms with Crippen LogP contribution in [0.2, 0.25) is 0 Å². The van der Waals surface area contributed by atoms with Crippen LogP contribution in [0.15, 0.2) is 10.6 Å². The van der Waals surface area contributed by atoms with Crippen LogP contribution in [0.5, 0.6) is 0 Å². The lowest BCUT2D eigenvalue weighted by atomic mass is 10.4. The van der Waals surface area contributed by atoms with E-state index in [2.05, 4.69) is 37.0 Å². The summed E-state index contributed by atoms with van der Waals surface area (Å²) < 4.78 is 9.43. The van der Waals surface area contributed by atoms with E-state index in [0.29, 0.717) is 12.4 Å². The van der Waals surface area contributed by atoms with Gasteiger partial charge in [-0.2, -0.15) is 0 Å². The third-order valence-electron chi connectivity index (χ3n) is 1.23. The maximum absolute atomic E-state index is 11.1. The Morgan fingerprint density at radius 1 is 1.77 bits per heavy atom. The molecule has 6 heteroatoms. The summed E-state index contributed by atoms with van der Waals surface area (Å²) in [5.41, 5.74) is 0.181.